The number of urea groups is 1. The summed E-state index contributed by atoms with van der Waals surface area (Å²) >= 11 is 14.3. The summed E-state index contributed by atoms with van der Waals surface area (Å²) in [7, 11) is 0. The molecule has 9 heteroatoms. The number of nitrogens with one attached hydrogen (secondary N) is 2. The SMILES string of the molecule is Cc1ccccc1CSc1nnc(CNC(=O)Nc2ccccc2)n1-c1cc(Cl)ccc1Cl. The zero-order valence-electron chi connectivity index (χ0n) is 17.8. The number of carbonyl (C=O) groups is 1. The molecule has 0 spiro atoms. The molecule has 4 aromatic rings. The molecule has 0 bridgehead atoms. The van der Waals surface area contributed by atoms with Gasteiger partial charge in [-0.05, 0) is 48.4 Å². The smallest absolute Gasteiger partial charge is 0.319 e. The minimum absolute atomic E-state index is 0.152. The van der Waals surface area contributed by atoms with Gasteiger partial charge in [-0.2, -0.15) is 0 Å². The maximum Gasteiger partial charge on any atom is 0.319 e. The molecule has 4 rings (SSSR count). The van der Waals surface area contributed by atoms with Gasteiger partial charge in [-0.1, -0.05) is 77.4 Å². The summed E-state index contributed by atoms with van der Waals surface area (Å²) in [4.78, 5) is 12.4. The van der Waals surface area contributed by atoms with E-state index in [4.69, 9.17) is 23.2 Å². The molecule has 0 saturated heterocycles. The summed E-state index contributed by atoms with van der Waals surface area (Å²) in [6.45, 7) is 2.23. The lowest BCUT2D eigenvalue weighted by Gasteiger charge is -2.13. The third-order valence-electron chi connectivity index (χ3n) is 4.91. The van der Waals surface area contributed by atoms with Crippen LogP contribution in [0.4, 0.5) is 10.5 Å². The second-order valence-corrected chi connectivity index (χ2v) is 9.00. The lowest BCUT2D eigenvalue weighted by molar-refractivity contribution is 0.251. The first-order chi connectivity index (χ1) is 16.0. The Bertz CT molecular complexity index is 1260. The predicted octanol–water partition coefficient (Wildman–Crippen LogP) is 6.50. The van der Waals surface area contributed by atoms with Crippen LogP contribution in [0.25, 0.3) is 5.69 Å². The van der Waals surface area contributed by atoms with Gasteiger partial charge < -0.3 is 10.6 Å². The number of carbonyl (C=O) groups excluding carboxylic acids is 1. The first-order valence-electron chi connectivity index (χ1n) is 10.2. The molecule has 2 N–H and O–H groups in total. The third-order valence-corrected chi connectivity index (χ3v) is 6.44. The van der Waals surface area contributed by atoms with Crippen molar-refractivity contribution in [2.75, 3.05) is 5.32 Å². The Morgan fingerprint density at radius 3 is 2.55 bits per heavy atom. The fourth-order valence-electron chi connectivity index (χ4n) is 3.18. The number of benzene rings is 3. The summed E-state index contributed by atoms with van der Waals surface area (Å²) in [5.74, 6) is 1.25. The van der Waals surface area contributed by atoms with E-state index in [0.29, 0.717) is 38.2 Å². The molecule has 6 nitrogen and oxygen atoms in total. The lowest BCUT2D eigenvalue weighted by atomic mass is 10.1. The fourth-order valence-corrected chi connectivity index (χ4v) is 4.59. The van der Waals surface area contributed by atoms with E-state index in [9.17, 15) is 4.79 Å². The van der Waals surface area contributed by atoms with Crippen LogP contribution in [-0.2, 0) is 12.3 Å². The summed E-state index contributed by atoms with van der Waals surface area (Å²) in [5.41, 5.74) is 3.76. The number of para-hydroxylation sites is 1. The maximum atomic E-state index is 12.4. The van der Waals surface area contributed by atoms with Gasteiger partial charge in [0.15, 0.2) is 11.0 Å². The van der Waals surface area contributed by atoms with Crippen molar-refractivity contribution in [2.45, 2.75) is 24.4 Å². The number of amides is 2. The average molecular weight is 498 g/mol. The number of nitrogens with zero attached hydrogens (tertiary/aromatic N) is 3. The molecule has 3 aromatic carbocycles. The Morgan fingerprint density at radius 2 is 1.76 bits per heavy atom. The number of rotatable bonds is 7. The molecule has 0 saturated carbocycles. The molecule has 0 aliphatic rings. The molecule has 168 valence electrons. The molecule has 1 heterocycles. The first kappa shape index (κ1) is 23.2. The second-order valence-electron chi connectivity index (χ2n) is 7.22. The van der Waals surface area contributed by atoms with Crippen molar-refractivity contribution < 1.29 is 4.79 Å². The van der Waals surface area contributed by atoms with E-state index in [1.807, 2.05) is 47.0 Å². The third kappa shape index (κ3) is 5.87. The van der Waals surface area contributed by atoms with Crippen molar-refractivity contribution in [1.29, 1.82) is 0 Å². The van der Waals surface area contributed by atoms with Crippen molar-refractivity contribution >= 4 is 46.7 Å². The Balaban J connectivity index is 1.58. The number of hydrogen-bond acceptors (Lipinski definition) is 4. The number of aromatic nitrogens is 3. The van der Waals surface area contributed by atoms with Gasteiger partial charge in [0.1, 0.15) is 0 Å². The van der Waals surface area contributed by atoms with Crippen LogP contribution in [0.3, 0.4) is 0 Å². The highest BCUT2D eigenvalue weighted by Crippen LogP contribution is 2.31. The van der Waals surface area contributed by atoms with E-state index in [2.05, 4.69) is 39.9 Å². The summed E-state index contributed by atoms with van der Waals surface area (Å²) in [5, 5.41) is 16.0. The minimum atomic E-state index is -0.345. The van der Waals surface area contributed by atoms with Crippen LogP contribution in [0, 0.1) is 6.92 Å². The van der Waals surface area contributed by atoms with Crippen LogP contribution in [0.5, 0.6) is 0 Å². The van der Waals surface area contributed by atoms with Gasteiger partial charge >= 0.3 is 6.03 Å². The Kier molecular flexibility index (Phi) is 7.54. The standard InChI is InChI=1S/C24H21Cl2N5OS/c1-16-7-5-6-8-17(16)15-33-24-30-29-22(31(24)21-13-18(25)11-12-20(21)26)14-27-23(32)28-19-9-3-2-4-10-19/h2-13H,14-15H2,1H3,(H2,27,28,32). The number of anilines is 1. The molecular weight excluding hydrogens is 477 g/mol. The van der Waals surface area contributed by atoms with Crippen LogP contribution in [0.15, 0.2) is 78.0 Å². The molecule has 0 atom stereocenters. The van der Waals surface area contributed by atoms with Gasteiger partial charge in [-0.15, -0.1) is 10.2 Å². The Labute approximate surface area is 206 Å². The van der Waals surface area contributed by atoms with Gasteiger partial charge in [-0.25, -0.2) is 4.79 Å². The van der Waals surface area contributed by atoms with E-state index in [0.717, 1.165) is 0 Å². The molecule has 1 aromatic heterocycles. The highest BCUT2D eigenvalue weighted by atomic mass is 35.5. The molecule has 0 aliphatic heterocycles. The lowest BCUT2D eigenvalue weighted by Crippen LogP contribution is -2.29. The summed E-state index contributed by atoms with van der Waals surface area (Å²) in [6.07, 6.45) is 0. The summed E-state index contributed by atoms with van der Waals surface area (Å²) < 4.78 is 1.83. The van der Waals surface area contributed by atoms with E-state index in [-0.39, 0.29) is 12.6 Å². The van der Waals surface area contributed by atoms with E-state index < -0.39 is 0 Å². The van der Waals surface area contributed by atoms with Crippen molar-refractivity contribution in [3.05, 3.63) is 99.8 Å². The molecule has 0 aliphatic carbocycles. The van der Waals surface area contributed by atoms with E-state index in [1.165, 1.54) is 11.1 Å². The average Bonchev–Trinajstić information content (AvgIpc) is 3.22. The fraction of sp³-hybridized carbons (Fsp3) is 0.125. The molecular formula is C24H21Cl2N5OS. The number of thioether (sulfide) groups is 1. The second kappa shape index (κ2) is 10.7. The van der Waals surface area contributed by atoms with Crippen molar-refractivity contribution in [2.24, 2.45) is 0 Å². The molecule has 33 heavy (non-hydrogen) atoms. The van der Waals surface area contributed by atoms with Crippen LogP contribution >= 0.6 is 35.0 Å². The van der Waals surface area contributed by atoms with E-state index >= 15 is 0 Å². The van der Waals surface area contributed by atoms with Gasteiger partial charge in [0, 0.05) is 16.5 Å². The van der Waals surface area contributed by atoms with Gasteiger partial charge in [0.2, 0.25) is 0 Å². The van der Waals surface area contributed by atoms with Gasteiger partial charge in [0.25, 0.3) is 0 Å². The minimum Gasteiger partial charge on any atom is -0.331 e. The Morgan fingerprint density at radius 1 is 1.00 bits per heavy atom. The highest BCUT2D eigenvalue weighted by Gasteiger charge is 2.18. The number of halogens is 2. The van der Waals surface area contributed by atoms with E-state index in [1.54, 1.807) is 30.0 Å². The monoisotopic (exact) mass is 497 g/mol. The Hall–Kier alpha value is -3.00. The van der Waals surface area contributed by atoms with Crippen LogP contribution < -0.4 is 10.6 Å². The van der Waals surface area contributed by atoms with Crippen molar-refractivity contribution in [1.82, 2.24) is 20.1 Å². The largest absolute Gasteiger partial charge is 0.331 e. The molecule has 0 unspecified atom stereocenters. The molecule has 2 amide bonds. The highest BCUT2D eigenvalue weighted by molar-refractivity contribution is 7.98. The van der Waals surface area contributed by atoms with Crippen molar-refractivity contribution in [3.63, 3.8) is 0 Å². The maximum absolute atomic E-state index is 12.4. The topological polar surface area (TPSA) is 71.8 Å². The summed E-state index contributed by atoms with van der Waals surface area (Å²) in [6, 6.07) is 22.3. The van der Waals surface area contributed by atoms with Crippen LogP contribution in [0.1, 0.15) is 17.0 Å². The molecule has 0 radical (unpaired) electrons. The number of hydrogen-bond donors (Lipinski definition) is 2. The zero-order valence-corrected chi connectivity index (χ0v) is 20.1. The first-order valence-corrected chi connectivity index (χ1v) is 11.9. The number of aryl methyl sites for hydroxylation is 1. The van der Waals surface area contributed by atoms with Crippen molar-refractivity contribution in [3.8, 4) is 5.69 Å². The molecule has 0 fully saturated rings. The zero-order chi connectivity index (χ0) is 23.2. The normalized spacial score (nSPS) is 10.8. The van der Waals surface area contributed by atoms with Gasteiger partial charge in [-0.3, -0.25) is 4.57 Å². The predicted molar refractivity (Wildman–Crippen MR) is 134 cm³/mol. The van der Waals surface area contributed by atoms with Gasteiger partial charge in [0.05, 0.1) is 17.3 Å². The van der Waals surface area contributed by atoms with Crippen LogP contribution in [0.2, 0.25) is 10.0 Å². The van der Waals surface area contributed by atoms with Crippen LogP contribution in [-0.4, -0.2) is 20.8 Å². The quantitative estimate of drug-likeness (QED) is 0.286.